The fourth-order valence-electron chi connectivity index (χ4n) is 2.47. The van der Waals surface area contributed by atoms with Gasteiger partial charge in [-0.15, -0.1) is 0 Å². The van der Waals surface area contributed by atoms with Crippen molar-refractivity contribution in [1.82, 2.24) is 10.6 Å². The van der Waals surface area contributed by atoms with Gasteiger partial charge in [-0.2, -0.15) is 0 Å². The van der Waals surface area contributed by atoms with Crippen LogP contribution in [0.4, 0.5) is 0 Å². The standard InChI is InChI=1S/C14H28N2O2/c1-12(7-6-10-17)15-11-14(18)16-13-8-4-2-3-5-9-13/h12-13,15,17H,2-11H2,1H3,(H,16,18). The number of carbonyl (C=O) groups excluding carboxylic acids is 1. The zero-order valence-corrected chi connectivity index (χ0v) is 11.6. The second-order valence-electron chi connectivity index (χ2n) is 5.40. The van der Waals surface area contributed by atoms with Crippen molar-refractivity contribution in [1.29, 1.82) is 0 Å². The maximum Gasteiger partial charge on any atom is 0.234 e. The second kappa shape index (κ2) is 9.34. The van der Waals surface area contributed by atoms with Crippen LogP contribution in [0, 0.1) is 0 Å². The van der Waals surface area contributed by atoms with Crippen molar-refractivity contribution in [2.45, 2.75) is 70.4 Å². The van der Waals surface area contributed by atoms with Gasteiger partial charge in [-0.05, 0) is 32.6 Å². The first-order valence-electron chi connectivity index (χ1n) is 7.36. The van der Waals surface area contributed by atoms with Crippen LogP contribution >= 0.6 is 0 Å². The van der Waals surface area contributed by atoms with E-state index in [1.54, 1.807) is 0 Å². The molecule has 1 rings (SSSR count). The number of hydrogen-bond donors (Lipinski definition) is 3. The number of carbonyl (C=O) groups is 1. The molecule has 0 bridgehead atoms. The molecule has 18 heavy (non-hydrogen) atoms. The first kappa shape index (κ1) is 15.4. The Morgan fingerprint density at radius 2 is 1.94 bits per heavy atom. The van der Waals surface area contributed by atoms with Crippen LogP contribution in [0.25, 0.3) is 0 Å². The molecule has 4 heteroatoms. The molecule has 1 amide bonds. The normalized spacial score (nSPS) is 19.2. The molecule has 0 saturated heterocycles. The Hall–Kier alpha value is -0.610. The van der Waals surface area contributed by atoms with Crippen LogP contribution in [0.3, 0.4) is 0 Å². The first-order chi connectivity index (χ1) is 8.72. The minimum atomic E-state index is 0.109. The fourth-order valence-corrected chi connectivity index (χ4v) is 2.47. The zero-order chi connectivity index (χ0) is 13.2. The van der Waals surface area contributed by atoms with E-state index in [0.29, 0.717) is 12.6 Å². The van der Waals surface area contributed by atoms with Crippen molar-refractivity contribution in [3.63, 3.8) is 0 Å². The van der Waals surface area contributed by atoms with E-state index in [0.717, 1.165) is 25.7 Å². The van der Waals surface area contributed by atoms with Crippen molar-refractivity contribution in [3.05, 3.63) is 0 Å². The lowest BCUT2D eigenvalue weighted by Gasteiger charge is -2.18. The molecule has 0 heterocycles. The number of hydrogen-bond acceptors (Lipinski definition) is 3. The van der Waals surface area contributed by atoms with E-state index in [-0.39, 0.29) is 18.6 Å². The third-order valence-electron chi connectivity index (χ3n) is 3.63. The van der Waals surface area contributed by atoms with Crippen LogP contribution in [0.15, 0.2) is 0 Å². The molecule has 1 unspecified atom stereocenters. The lowest BCUT2D eigenvalue weighted by Crippen LogP contribution is -2.42. The van der Waals surface area contributed by atoms with Crippen LogP contribution in [-0.2, 0) is 4.79 Å². The zero-order valence-electron chi connectivity index (χ0n) is 11.6. The Morgan fingerprint density at radius 1 is 1.28 bits per heavy atom. The van der Waals surface area contributed by atoms with Gasteiger partial charge in [0.1, 0.15) is 0 Å². The molecule has 1 atom stereocenters. The third-order valence-corrected chi connectivity index (χ3v) is 3.63. The van der Waals surface area contributed by atoms with Gasteiger partial charge < -0.3 is 15.7 Å². The number of aliphatic hydroxyl groups is 1. The summed E-state index contributed by atoms with van der Waals surface area (Å²) in [6.07, 6.45) is 9.06. The van der Waals surface area contributed by atoms with E-state index in [4.69, 9.17) is 5.11 Å². The van der Waals surface area contributed by atoms with Gasteiger partial charge in [0.25, 0.3) is 0 Å². The largest absolute Gasteiger partial charge is 0.396 e. The van der Waals surface area contributed by atoms with Crippen molar-refractivity contribution in [2.75, 3.05) is 13.2 Å². The predicted octanol–water partition coefficient (Wildman–Crippen LogP) is 1.58. The van der Waals surface area contributed by atoms with Crippen molar-refractivity contribution in [2.24, 2.45) is 0 Å². The van der Waals surface area contributed by atoms with Crippen LogP contribution in [0.1, 0.15) is 58.3 Å². The van der Waals surface area contributed by atoms with E-state index in [1.807, 2.05) is 0 Å². The lowest BCUT2D eigenvalue weighted by atomic mass is 10.1. The van der Waals surface area contributed by atoms with Gasteiger partial charge in [0.2, 0.25) is 5.91 Å². The van der Waals surface area contributed by atoms with Gasteiger partial charge >= 0.3 is 0 Å². The topological polar surface area (TPSA) is 61.4 Å². The van der Waals surface area contributed by atoms with Crippen LogP contribution < -0.4 is 10.6 Å². The number of aliphatic hydroxyl groups excluding tert-OH is 1. The highest BCUT2D eigenvalue weighted by molar-refractivity contribution is 5.78. The third kappa shape index (κ3) is 6.97. The molecule has 1 fully saturated rings. The highest BCUT2D eigenvalue weighted by Gasteiger charge is 2.14. The highest BCUT2D eigenvalue weighted by Crippen LogP contribution is 2.16. The lowest BCUT2D eigenvalue weighted by molar-refractivity contribution is -0.121. The molecule has 0 aliphatic heterocycles. The molecule has 106 valence electrons. The highest BCUT2D eigenvalue weighted by atomic mass is 16.2. The Kier molecular flexibility index (Phi) is 8.01. The molecule has 1 saturated carbocycles. The fraction of sp³-hybridized carbons (Fsp3) is 0.929. The van der Waals surface area contributed by atoms with Crippen LogP contribution in [0.5, 0.6) is 0 Å². The molecular formula is C14H28N2O2. The van der Waals surface area contributed by atoms with E-state index in [9.17, 15) is 4.79 Å². The monoisotopic (exact) mass is 256 g/mol. The van der Waals surface area contributed by atoms with E-state index in [1.165, 1.54) is 25.7 Å². The summed E-state index contributed by atoms with van der Waals surface area (Å²) in [6, 6.07) is 0.673. The van der Waals surface area contributed by atoms with Crippen molar-refractivity contribution >= 4 is 5.91 Å². The van der Waals surface area contributed by atoms with Gasteiger partial charge in [0.15, 0.2) is 0 Å². The Balaban J connectivity index is 2.12. The average molecular weight is 256 g/mol. The molecule has 0 spiro atoms. The second-order valence-corrected chi connectivity index (χ2v) is 5.40. The van der Waals surface area contributed by atoms with E-state index >= 15 is 0 Å². The predicted molar refractivity (Wildman–Crippen MR) is 73.4 cm³/mol. The molecule has 0 aromatic carbocycles. The maximum absolute atomic E-state index is 11.8. The SMILES string of the molecule is CC(CCCO)NCC(=O)NC1CCCCCC1. The summed E-state index contributed by atoms with van der Waals surface area (Å²) in [4.78, 5) is 11.8. The summed E-state index contributed by atoms with van der Waals surface area (Å²) in [6.45, 7) is 2.66. The molecule has 4 nitrogen and oxygen atoms in total. The number of nitrogens with one attached hydrogen (secondary N) is 2. The summed E-state index contributed by atoms with van der Waals surface area (Å²) in [7, 11) is 0. The molecular weight excluding hydrogens is 228 g/mol. The van der Waals surface area contributed by atoms with Gasteiger partial charge in [0.05, 0.1) is 6.54 Å². The number of rotatable bonds is 7. The minimum absolute atomic E-state index is 0.109. The summed E-state index contributed by atoms with van der Waals surface area (Å²) < 4.78 is 0. The summed E-state index contributed by atoms with van der Waals surface area (Å²) in [5, 5.41) is 15.0. The molecule has 0 aromatic rings. The molecule has 3 N–H and O–H groups in total. The minimum Gasteiger partial charge on any atom is -0.396 e. The van der Waals surface area contributed by atoms with Gasteiger partial charge in [-0.1, -0.05) is 25.7 Å². The van der Waals surface area contributed by atoms with Crippen LogP contribution in [-0.4, -0.2) is 36.2 Å². The van der Waals surface area contributed by atoms with E-state index in [2.05, 4.69) is 17.6 Å². The summed E-state index contributed by atoms with van der Waals surface area (Å²) >= 11 is 0. The maximum atomic E-state index is 11.8. The Morgan fingerprint density at radius 3 is 2.56 bits per heavy atom. The van der Waals surface area contributed by atoms with Gasteiger partial charge in [-0.25, -0.2) is 0 Å². The average Bonchev–Trinajstić information content (AvgIpc) is 2.62. The molecule has 1 aliphatic carbocycles. The van der Waals surface area contributed by atoms with E-state index < -0.39 is 0 Å². The number of amides is 1. The molecule has 1 aliphatic rings. The van der Waals surface area contributed by atoms with Crippen molar-refractivity contribution in [3.8, 4) is 0 Å². The van der Waals surface area contributed by atoms with Crippen LogP contribution in [0.2, 0.25) is 0 Å². The molecule has 0 radical (unpaired) electrons. The Bertz CT molecular complexity index is 226. The Labute approximate surface area is 111 Å². The van der Waals surface area contributed by atoms with Crippen molar-refractivity contribution < 1.29 is 9.90 Å². The molecule has 0 aromatic heterocycles. The quantitative estimate of drug-likeness (QED) is 0.606. The van der Waals surface area contributed by atoms with Gasteiger partial charge in [-0.3, -0.25) is 4.79 Å². The first-order valence-corrected chi connectivity index (χ1v) is 7.36. The summed E-state index contributed by atoms with van der Waals surface area (Å²) in [5.74, 6) is 0.109. The smallest absolute Gasteiger partial charge is 0.234 e. The summed E-state index contributed by atoms with van der Waals surface area (Å²) in [5.41, 5.74) is 0. The van der Waals surface area contributed by atoms with Gasteiger partial charge in [0, 0.05) is 18.7 Å².